The Hall–Kier alpha value is -2.92. The third kappa shape index (κ3) is 3.43. The number of rotatable bonds is 4. The molecule has 5 heteroatoms. The van der Waals surface area contributed by atoms with Crippen LogP contribution in [0.4, 0.5) is 0 Å². The van der Waals surface area contributed by atoms with Crippen LogP contribution in [-0.4, -0.2) is 42.9 Å². The zero-order valence-electron chi connectivity index (χ0n) is 18.2. The van der Waals surface area contributed by atoms with Gasteiger partial charge in [-0.15, -0.1) is 0 Å². The van der Waals surface area contributed by atoms with Crippen LogP contribution in [0.25, 0.3) is 11.0 Å². The summed E-state index contributed by atoms with van der Waals surface area (Å²) in [5.74, 6) is -0.0537. The Morgan fingerprint density at radius 1 is 1.00 bits per heavy atom. The van der Waals surface area contributed by atoms with Crippen LogP contribution >= 0.6 is 0 Å². The SMILES string of the molecule is CN(C)CCN1C(=O)c2oc3ccccc3c(=O)c2C1c1ccc(C(C)(C)C)cc1. The van der Waals surface area contributed by atoms with Crippen LogP contribution in [0.15, 0.2) is 57.7 Å². The van der Waals surface area contributed by atoms with Crippen molar-refractivity contribution in [3.05, 3.63) is 81.2 Å². The van der Waals surface area contributed by atoms with Crippen LogP contribution in [0.1, 0.15) is 54.1 Å². The van der Waals surface area contributed by atoms with Crippen molar-refractivity contribution in [2.75, 3.05) is 27.2 Å². The largest absolute Gasteiger partial charge is 0.450 e. The van der Waals surface area contributed by atoms with Gasteiger partial charge in [0.2, 0.25) is 5.76 Å². The van der Waals surface area contributed by atoms with Gasteiger partial charge in [-0.05, 0) is 42.8 Å². The smallest absolute Gasteiger partial charge is 0.290 e. The molecular formula is C25H28N2O3. The summed E-state index contributed by atoms with van der Waals surface area (Å²) in [5, 5.41) is 0.509. The first-order valence-electron chi connectivity index (χ1n) is 10.3. The molecular weight excluding hydrogens is 376 g/mol. The Morgan fingerprint density at radius 2 is 1.67 bits per heavy atom. The van der Waals surface area contributed by atoms with Gasteiger partial charge in [-0.25, -0.2) is 0 Å². The highest BCUT2D eigenvalue weighted by atomic mass is 16.3. The first-order chi connectivity index (χ1) is 14.2. The summed E-state index contributed by atoms with van der Waals surface area (Å²) in [6, 6.07) is 14.9. The Kier molecular flexibility index (Phi) is 5.02. The quantitative estimate of drug-likeness (QED) is 0.654. The molecule has 0 spiro atoms. The van der Waals surface area contributed by atoms with Gasteiger partial charge in [-0.2, -0.15) is 0 Å². The van der Waals surface area contributed by atoms with Gasteiger partial charge in [0.05, 0.1) is 17.0 Å². The topological polar surface area (TPSA) is 53.8 Å². The summed E-state index contributed by atoms with van der Waals surface area (Å²) >= 11 is 0. The summed E-state index contributed by atoms with van der Waals surface area (Å²) in [4.78, 5) is 30.5. The minimum Gasteiger partial charge on any atom is -0.450 e. The van der Waals surface area contributed by atoms with Crippen molar-refractivity contribution in [1.29, 1.82) is 0 Å². The van der Waals surface area contributed by atoms with Gasteiger partial charge in [-0.3, -0.25) is 9.59 Å². The van der Waals surface area contributed by atoms with Crippen LogP contribution < -0.4 is 5.43 Å². The predicted molar refractivity (Wildman–Crippen MR) is 119 cm³/mol. The van der Waals surface area contributed by atoms with Crippen LogP contribution in [0.3, 0.4) is 0 Å². The lowest BCUT2D eigenvalue weighted by molar-refractivity contribution is 0.0716. The summed E-state index contributed by atoms with van der Waals surface area (Å²) in [6.45, 7) is 7.71. The maximum Gasteiger partial charge on any atom is 0.290 e. The summed E-state index contributed by atoms with van der Waals surface area (Å²) in [5.41, 5.74) is 2.93. The molecule has 1 unspecified atom stereocenters. The number of likely N-dealkylation sites (N-methyl/N-ethyl adjacent to an activating group) is 1. The standard InChI is InChI=1S/C25H28N2O3/c1-25(2,3)17-12-10-16(11-13-17)21-20-22(28)18-8-6-7-9-19(18)30-23(20)24(29)27(21)15-14-26(4)5/h6-13,21H,14-15H2,1-5H3. The molecule has 30 heavy (non-hydrogen) atoms. The summed E-state index contributed by atoms with van der Waals surface area (Å²) < 4.78 is 5.96. The van der Waals surface area contributed by atoms with E-state index in [1.54, 1.807) is 17.0 Å². The lowest BCUT2D eigenvalue weighted by Gasteiger charge is -2.27. The van der Waals surface area contributed by atoms with Gasteiger partial charge >= 0.3 is 0 Å². The maximum absolute atomic E-state index is 13.4. The van der Waals surface area contributed by atoms with Gasteiger partial charge < -0.3 is 14.2 Å². The van der Waals surface area contributed by atoms with Crippen molar-refractivity contribution in [3.8, 4) is 0 Å². The van der Waals surface area contributed by atoms with Crippen LogP contribution in [-0.2, 0) is 5.41 Å². The van der Waals surface area contributed by atoms with Crippen molar-refractivity contribution in [2.45, 2.75) is 32.2 Å². The number of hydrogen-bond acceptors (Lipinski definition) is 4. The number of amides is 1. The normalized spacial score (nSPS) is 16.5. The highest BCUT2D eigenvalue weighted by Gasteiger charge is 2.42. The second kappa shape index (κ2) is 7.40. The van der Waals surface area contributed by atoms with E-state index in [-0.39, 0.29) is 22.5 Å². The van der Waals surface area contributed by atoms with E-state index >= 15 is 0 Å². The number of benzene rings is 2. The molecule has 4 rings (SSSR count). The van der Waals surface area contributed by atoms with Gasteiger partial charge in [0, 0.05) is 13.1 Å². The number of hydrogen-bond donors (Lipinski definition) is 0. The molecule has 1 aliphatic rings. The van der Waals surface area contributed by atoms with Crippen LogP contribution in [0.5, 0.6) is 0 Å². The third-order valence-electron chi connectivity index (χ3n) is 5.75. The Labute approximate surface area is 176 Å². The zero-order valence-corrected chi connectivity index (χ0v) is 18.2. The fourth-order valence-corrected chi connectivity index (χ4v) is 4.02. The first kappa shape index (κ1) is 20.4. The minimum atomic E-state index is -0.442. The van der Waals surface area contributed by atoms with E-state index < -0.39 is 6.04 Å². The average molecular weight is 405 g/mol. The average Bonchev–Trinajstić information content (AvgIpc) is 2.98. The lowest BCUT2D eigenvalue weighted by atomic mass is 9.86. The molecule has 1 aliphatic heterocycles. The molecule has 0 saturated carbocycles. The van der Waals surface area contributed by atoms with Gasteiger partial charge in [0.15, 0.2) is 5.43 Å². The molecule has 2 heterocycles. The lowest BCUT2D eigenvalue weighted by Crippen LogP contribution is -2.35. The minimum absolute atomic E-state index is 0.0295. The van der Waals surface area contributed by atoms with Gasteiger partial charge in [0.25, 0.3) is 5.91 Å². The molecule has 0 aliphatic carbocycles. The van der Waals surface area contributed by atoms with E-state index in [0.717, 1.165) is 5.56 Å². The Bertz CT molecular complexity index is 1150. The van der Waals surface area contributed by atoms with Crippen LogP contribution in [0, 0.1) is 0 Å². The molecule has 0 saturated heterocycles. The fourth-order valence-electron chi connectivity index (χ4n) is 4.02. The molecule has 156 valence electrons. The number of para-hydroxylation sites is 1. The van der Waals surface area contributed by atoms with Crippen molar-refractivity contribution in [1.82, 2.24) is 9.80 Å². The molecule has 0 N–H and O–H groups in total. The molecule has 0 fully saturated rings. The highest BCUT2D eigenvalue weighted by molar-refractivity contribution is 5.99. The monoisotopic (exact) mass is 404 g/mol. The second-order valence-electron chi connectivity index (χ2n) is 9.25. The Morgan fingerprint density at radius 3 is 2.30 bits per heavy atom. The fraction of sp³-hybridized carbons (Fsp3) is 0.360. The zero-order chi connectivity index (χ0) is 21.6. The predicted octanol–water partition coefficient (Wildman–Crippen LogP) is 4.20. The molecule has 2 aromatic carbocycles. The van der Waals surface area contributed by atoms with Crippen LogP contribution in [0.2, 0.25) is 0 Å². The number of fused-ring (bicyclic) bond motifs is 2. The summed E-state index contributed by atoms with van der Waals surface area (Å²) in [6.07, 6.45) is 0. The number of carbonyl (C=O) groups excluding carboxylic acids is 1. The molecule has 1 amide bonds. The van der Waals surface area contributed by atoms with Crippen molar-refractivity contribution in [3.63, 3.8) is 0 Å². The molecule has 1 aromatic heterocycles. The second-order valence-corrected chi connectivity index (χ2v) is 9.25. The van der Waals surface area contributed by atoms with E-state index in [9.17, 15) is 9.59 Å². The van der Waals surface area contributed by atoms with Crippen molar-refractivity contribution >= 4 is 16.9 Å². The van der Waals surface area contributed by atoms with Crippen molar-refractivity contribution < 1.29 is 9.21 Å². The third-order valence-corrected chi connectivity index (χ3v) is 5.75. The Balaban J connectivity index is 1.89. The van der Waals surface area contributed by atoms with Crippen molar-refractivity contribution in [2.24, 2.45) is 0 Å². The first-order valence-corrected chi connectivity index (χ1v) is 10.3. The number of nitrogens with zero attached hydrogens (tertiary/aromatic N) is 2. The van der Waals surface area contributed by atoms with Gasteiger partial charge in [0.1, 0.15) is 5.58 Å². The molecule has 3 aromatic rings. The van der Waals surface area contributed by atoms with E-state index in [1.807, 2.05) is 43.3 Å². The molecule has 0 radical (unpaired) electrons. The van der Waals surface area contributed by atoms with Gasteiger partial charge in [-0.1, -0.05) is 57.2 Å². The summed E-state index contributed by atoms with van der Waals surface area (Å²) in [7, 11) is 3.94. The molecule has 1 atom stereocenters. The molecule has 5 nitrogen and oxygen atoms in total. The highest BCUT2D eigenvalue weighted by Crippen LogP contribution is 2.38. The van der Waals surface area contributed by atoms with E-state index in [0.29, 0.717) is 29.6 Å². The number of carbonyl (C=O) groups is 1. The maximum atomic E-state index is 13.4. The van der Waals surface area contributed by atoms with E-state index in [1.165, 1.54) is 5.56 Å². The molecule has 0 bridgehead atoms. The van der Waals surface area contributed by atoms with E-state index in [2.05, 4.69) is 32.9 Å². The van der Waals surface area contributed by atoms with E-state index in [4.69, 9.17) is 4.42 Å².